The Kier molecular flexibility index (Phi) is 47.5. The van der Waals surface area contributed by atoms with Crippen LogP contribution < -0.4 is 5.32 Å². The number of hydrogen-bond acceptors (Lipinski definition) is 10. The average molecular weight is 1010 g/mol. The van der Waals surface area contributed by atoms with Gasteiger partial charge in [-0.25, -0.2) is 0 Å². The molecule has 1 aliphatic rings. The number of ether oxygens (including phenoxy) is 2. The number of hydrogen-bond donors (Lipinski definition) is 8. The highest BCUT2D eigenvalue weighted by Crippen LogP contribution is 2.24. The van der Waals surface area contributed by atoms with E-state index in [2.05, 4.69) is 31.3 Å². The fraction of sp³-hybridized carbons (Fsp3) is 0.950. The topological polar surface area (TPSA) is 189 Å². The quantitative estimate of drug-likeness (QED) is 0.0215. The summed E-state index contributed by atoms with van der Waals surface area (Å²) in [6.45, 7) is 3.47. The molecule has 8 N–H and O–H groups in total. The Balaban J connectivity index is 2.21. The Hall–Kier alpha value is -1.15. The molecule has 0 aliphatic carbocycles. The van der Waals surface area contributed by atoms with Crippen LogP contribution >= 0.6 is 0 Å². The smallest absolute Gasteiger partial charge is 0.249 e. The van der Waals surface area contributed by atoms with E-state index in [4.69, 9.17) is 9.47 Å². The minimum absolute atomic E-state index is 0.258. The summed E-state index contributed by atoms with van der Waals surface area (Å²) in [5.41, 5.74) is 0. The molecule has 1 aliphatic heterocycles. The third kappa shape index (κ3) is 38.1. The van der Waals surface area contributed by atoms with E-state index in [9.17, 15) is 40.5 Å². The second-order valence-corrected chi connectivity index (χ2v) is 21.8. The zero-order chi connectivity index (χ0) is 51.8. The summed E-state index contributed by atoms with van der Waals surface area (Å²) in [6.07, 6.45) is 47.3. The van der Waals surface area contributed by atoms with Crippen LogP contribution in [0.5, 0.6) is 0 Å². The first-order valence-electron chi connectivity index (χ1n) is 30.6. The van der Waals surface area contributed by atoms with E-state index in [-0.39, 0.29) is 12.8 Å². The lowest BCUT2D eigenvalue weighted by molar-refractivity contribution is -0.303. The molecule has 0 saturated carbocycles. The second-order valence-electron chi connectivity index (χ2n) is 21.8. The number of allylic oxidation sites excluding steroid dienone is 2. The van der Waals surface area contributed by atoms with Crippen molar-refractivity contribution in [3.05, 3.63) is 12.2 Å². The van der Waals surface area contributed by atoms with E-state index in [0.717, 1.165) is 38.5 Å². The fourth-order valence-electron chi connectivity index (χ4n) is 10.1. The molecule has 422 valence electrons. The van der Waals surface area contributed by atoms with E-state index < -0.39 is 74.2 Å². The predicted octanol–water partition coefficient (Wildman–Crippen LogP) is 13.1. The highest BCUT2D eigenvalue weighted by Gasteiger charge is 2.44. The molecule has 0 aromatic rings. The lowest BCUT2D eigenvalue weighted by atomic mass is 9.98. The third-order valence-corrected chi connectivity index (χ3v) is 15.1. The summed E-state index contributed by atoms with van der Waals surface area (Å²) >= 11 is 0. The van der Waals surface area contributed by atoms with Gasteiger partial charge in [-0.3, -0.25) is 4.79 Å². The Morgan fingerprint density at radius 3 is 1.21 bits per heavy atom. The molecule has 1 fully saturated rings. The molecule has 1 saturated heterocycles. The van der Waals surface area contributed by atoms with Gasteiger partial charge in [0.05, 0.1) is 25.4 Å². The minimum Gasteiger partial charge on any atom is -0.394 e. The Morgan fingerprint density at radius 2 is 0.831 bits per heavy atom. The van der Waals surface area contributed by atoms with Crippen molar-refractivity contribution in [1.29, 1.82) is 0 Å². The Labute approximate surface area is 436 Å². The maximum absolute atomic E-state index is 13.1. The first-order chi connectivity index (χ1) is 34.7. The molecular weight excluding hydrogens is 895 g/mol. The van der Waals surface area contributed by atoms with Gasteiger partial charge in [-0.15, -0.1) is 0 Å². The van der Waals surface area contributed by atoms with Gasteiger partial charge in [-0.05, 0) is 38.5 Å². The molecule has 1 rings (SSSR count). The van der Waals surface area contributed by atoms with E-state index >= 15 is 0 Å². The third-order valence-electron chi connectivity index (χ3n) is 15.1. The highest BCUT2D eigenvalue weighted by atomic mass is 16.7. The number of nitrogens with one attached hydrogen (secondary N) is 1. The Bertz CT molecular complexity index is 1160. The van der Waals surface area contributed by atoms with Gasteiger partial charge in [0.2, 0.25) is 5.91 Å². The molecule has 0 aromatic heterocycles. The zero-order valence-corrected chi connectivity index (χ0v) is 46.2. The van der Waals surface area contributed by atoms with Crippen LogP contribution in [0.4, 0.5) is 0 Å². The van der Waals surface area contributed by atoms with E-state index in [1.807, 2.05) is 0 Å². The number of rotatable bonds is 53. The fourth-order valence-corrected chi connectivity index (χ4v) is 10.1. The molecule has 71 heavy (non-hydrogen) atoms. The summed E-state index contributed by atoms with van der Waals surface area (Å²) < 4.78 is 11.1. The van der Waals surface area contributed by atoms with Gasteiger partial charge >= 0.3 is 0 Å². The van der Waals surface area contributed by atoms with Gasteiger partial charge in [-0.2, -0.15) is 0 Å². The van der Waals surface area contributed by atoms with Crippen LogP contribution in [0.15, 0.2) is 12.2 Å². The van der Waals surface area contributed by atoms with Crippen molar-refractivity contribution in [2.75, 3.05) is 13.2 Å². The summed E-state index contributed by atoms with van der Waals surface area (Å²) in [5, 5.41) is 76.0. The summed E-state index contributed by atoms with van der Waals surface area (Å²) in [4.78, 5) is 13.1. The molecule has 1 heterocycles. The molecular formula is C60H117NO10. The summed E-state index contributed by atoms with van der Waals surface area (Å²) in [6, 6.07) is -1.18. The zero-order valence-electron chi connectivity index (χ0n) is 46.2. The Morgan fingerprint density at radius 1 is 0.479 bits per heavy atom. The molecule has 11 heteroatoms. The van der Waals surface area contributed by atoms with E-state index in [1.165, 1.54) is 218 Å². The van der Waals surface area contributed by atoms with Crippen molar-refractivity contribution < 1.29 is 50.0 Å². The van der Waals surface area contributed by atoms with Crippen LogP contribution in [0.1, 0.15) is 296 Å². The van der Waals surface area contributed by atoms with Gasteiger partial charge in [0.1, 0.15) is 36.6 Å². The molecule has 11 nitrogen and oxygen atoms in total. The van der Waals surface area contributed by atoms with E-state index in [0.29, 0.717) is 12.8 Å². The summed E-state index contributed by atoms with van der Waals surface area (Å²) in [7, 11) is 0. The van der Waals surface area contributed by atoms with Crippen LogP contribution in [0.25, 0.3) is 0 Å². The number of aliphatic hydroxyl groups is 7. The van der Waals surface area contributed by atoms with Crippen LogP contribution in [0, 0.1) is 0 Å². The molecule has 0 spiro atoms. The molecule has 0 radical (unpaired) electrons. The van der Waals surface area contributed by atoms with Gasteiger partial charge in [0.25, 0.3) is 0 Å². The van der Waals surface area contributed by atoms with Gasteiger partial charge in [0, 0.05) is 0 Å². The molecule has 9 unspecified atom stereocenters. The number of aliphatic hydroxyl groups excluding tert-OH is 7. The van der Waals surface area contributed by atoms with Crippen molar-refractivity contribution in [1.82, 2.24) is 5.32 Å². The SMILES string of the molecule is CCCCCCCCCCCCCCCCCCCCCCCCCCCC/C=C/CCCC(O)C(O)C(COC1OC(CO)C(O)C(O)C1O)NC(=O)C(O)CCCCCCCCCCCCCCC. The number of unbranched alkanes of at least 4 members (excludes halogenated alkanes) is 39. The molecule has 0 bridgehead atoms. The minimum atomic E-state index is -1.66. The van der Waals surface area contributed by atoms with Crippen molar-refractivity contribution in [2.45, 2.75) is 351 Å². The van der Waals surface area contributed by atoms with Gasteiger partial charge in [-0.1, -0.05) is 270 Å². The standard InChI is InChI=1S/C60H117NO10/c1-3-5-7-9-11-13-15-17-18-19-20-21-22-23-24-25-26-27-28-29-30-31-32-33-34-36-37-39-41-43-45-47-52(63)55(65)51(50-70-60-58(68)57(67)56(66)54(49-62)71-60)61-59(69)53(64)48-46-44-42-40-38-35-16-14-12-10-8-6-4-2/h39,41,51-58,60,62-68H,3-38,40,42-50H2,1-2H3,(H,61,69)/b41-39+. The lowest BCUT2D eigenvalue weighted by Gasteiger charge is -2.40. The van der Waals surface area contributed by atoms with Crippen molar-refractivity contribution in [3.63, 3.8) is 0 Å². The van der Waals surface area contributed by atoms with Crippen LogP contribution in [-0.2, 0) is 14.3 Å². The van der Waals surface area contributed by atoms with Crippen molar-refractivity contribution in [2.24, 2.45) is 0 Å². The molecule has 1 amide bonds. The normalized spacial score (nSPS) is 20.2. The first kappa shape index (κ1) is 67.9. The first-order valence-corrected chi connectivity index (χ1v) is 30.6. The predicted molar refractivity (Wildman–Crippen MR) is 293 cm³/mol. The van der Waals surface area contributed by atoms with Gasteiger partial charge < -0.3 is 50.5 Å². The molecule has 9 atom stereocenters. The lowest BCUT2D eigenvalue weighted by Crippen LogP contribution is -2.60. The van der Waals surface area contributed by atoms with E-state index in [1.54, 1.807) is 0 Å². The monoisotopic (exact) mass is 1010 g/mol. The van der Waals surface area contributed by atoms with Crippen LogP contribution in [0.3, 0.4) is 0 Å². The van der Waals surface area contributed by atoms with Crippen LogP contribution in [0.2, 0.25) is 0 Å². The second kappa shape index (κ2) is 49.7. The number of carbonyl (C=O) groups excluding carboxylic acids is 1. The largest absolute Gasteiger partial charge is 0.394 e. The van der Waals surface area contributed by atoms with Crippen molar-refractivity contribution in [3.8, 4) is 0 Å². The molecule has 0 aromatic carbocycles. The van der Waals surface area contributed by atoms with Gasteiger partial charge in [0.15, 0.2) is 6.29 Å². The highest BCUT2D eigenvalue weighted by molar-refractivity contribution is 5.80. The van der Waals surface area contributed by atoms with Crippen LogP contribution in [-0.4, -0.2) is 110 Å². The summed E-state index contributed by atoms with van der Waals surface area (Å²) in [5.74, 6) is -0.702. The maximum Gasteiger partial charge on any atom is 0.249 e. The average Bonchev–Trinajstić information content (AvgIpc) is 3.37. The number of carbonyl (C=O) groups is 1. The maximum atomic E-state index is 13.1. The van der Waals surface area contributed by atoms with Crippen molar-refractivity contribution >= 4 is 5.91 Å². The number of amides is 1.